The molecule has 3 aromatic rings. The van der Waals surface area contributed by atoms with Crippen LogP contribution in [0.5, 0.6) is 0 Å². The average molecular weight is 523 g/mol. The molecule has 0 radical (unpaired) electrons. The van der Waals surface area contributed by atoms with E-state index in [2.05, 4.69) is 10.3 Å². The number of hydrogen-bond acceptors (Lipinski definition) is 6. The zero-order chi connectivity index (χ0) is 25.7. The van der Waals surface area contributed by atoms with Crippen LogP contribution < -0.4 is 10.2 Å². The van der Waals surface area contributed by atoms with Crippen LogP contribution in [0.3, 0.4) is 0 Å². The molecule has 2 heterocycles. The summed E-state index contributed by atoms with van der Waals surface area (Å²) in [5, 5.41) is 3.60. The number of aromatic nitrogens is 1. The van der Waals surface area contributed by atoms with Gasteiger partial charge >= 0.3 is 5.97 Å². The Morgan fingerprint density at radius 3 is 2.44 bits per heavy atom. The summed E-state index contributed by atoms with van der Waals surface area (Å²) in [6, 6.07) is 17.8. The summed E-state index contributed by atoms with van der Waals surface area (Å²) in [5.41, 5.74) is 2.15. The number of carbonyl (C=O) groups is 3. The molecule has 36 heavy (non-hydrogen) atoms. The smallest absolute Gasteiger partial charge is 0.338 e. The first-order valence-electron chi connectivity index (χ1n) is 11.2. The lowest BCUT2D eigenvalue weighted by Crippen LogP contribution is -2.37. The van der Waals surface area contributed by atoms with Crippen molar-refractivity contribution in [3.8, 4) is 0 Å². The Hall–Kier alpha value is -3.82. The quantitative estimate of drug-likeness (QED) is 0.345. The Morgan fingerprint density at radius 1 is 1.08 bits per heavy atom. The van der Waals surface area contributed by atoms with Gasteiger partial charge in [-0.15, -0.1) is 0 Å². The van der Waals surface area contributed by atoms with E-state index in [-0.39, 0.29) is 36.5 Å². The van der Waals surface area contributed by atoms with E-state index in [0.717, 1.165) is 0 Å². The predicted octanol–water partition coefficient (Wildman–Crippen LogP) is 4.44. The lowest BCUT2D eigenvalue weighted by molar-refractivity contribution is -0.124. The molecule has 2 amide bonds. The maximum absolute atomic E-state index is 13.5. The molecule has 8 nitrogen and oxygen atoms in total. The van der Waals surface area contributed by atoms with Crippen LogP contribution in [-0.4, -0.2) is 45.4 Å². The van der Waals surface area contributed by atoms with Crippen LogP contribution in [0.25, 0.3) is 0 Å². The predicted molar refractivity (Wildman–Crippen MR) is 141 cm³/mol. The number of thiocarbonyl (C=S) groups is 1. The SMILES string of the molecule is CCOC(=O)c1ccc(NC(=O)CC2C(=O)N(c3ccc(Cl)cc3)C(=S)N2Cc2ccccn2)cc1. The molecule has 10 heteroatoms. The minimum Gasteiger partial charge on any atom is -0.462 e. The van der Waals surface area contributed by atoms with Gasteiger partial charge in [0.2, 0.25) is 5.91 Å². The third-order valence-corrected chi connectivity index (χ3v) is 6.19. The summed E-state index contributed by atoms with van der Waals surface area (Å²) in [7, 11) is 0. The van der Waals surface area contributed by atoms with Gasteiger partial charge in [0.15, 0.2) is 5.11 Å². The van der Waals surface area contributed by atoms with Crippen LogP contribution in [0.2, 0.25) is 5.02 Å². The Kier molecular flexibility index (Phi) is 7.92. The molecule has 1 saturated heterocycles. The van der Waals surface area contributed by atoms with Gasteiger partial charge in [-0.25, -0.2) is 4.79 Å². The van der Waals surface area contributed by atoms with Crippen molar-refractivity contribution < 1.29 is 19.1 Å². The molecule has 1 atom stereocenters. The van der Waals surface area contributed by atoms with Gasteiger partial charge in [0.05, 0.1) is 36.5 Å². The first-order chi connectivity index (χ1) is 17.4. The van der Waals surface area contributed by atoms with E-state index < -0.39 is 12.0 Å². The van der Waals surface area contributed by atoms with E-state index in [9.17, 15) is 14.4 Å². The molecule has 0 saturated carbocycles. The molecule has 0 aliphatic carbocycles. The van der Waals surface area contributed by atoms with Gasteiger partial charge in [-0.1, -0.05) is 17.7 Å². The highest BCUT2D eigenvalue weighted by Gasteiger charge is 2.44. The fraction of sp³-hybridized carbons (Fsp3) is 0.192. The molecule has 1 unspecified atom stereocenters. The number of pyridine rings is 1. The average Bonchev–Trinajstić information content (AvgIpc) is 3.09. The van der Waals surface area contributed by atoms with Crippen molar-refractivity contribution in [3.63, 3.8) is 0 Å². The summed E-state index contributed by atoms with van der Waals surface area (Å²) < 4.78 is 4.97. The molecule has 184 valence electrons. The second-order valence-corrected chi connectivity index (χ2v) is 8.75. The van der Waals surface area contributed by atoms with Gasteiger partial charge in [0, 0.05) is 16.9 Å². The maximum Gasteiger partial charge on any atom is 0.338 e. The van der Waals surface area contributed by atoms with E-state index in [0.29, 0.717) is 27.7 Å². The number of nitrogens with one attached hydrogen (secondary N) is 1. The molecule has 1 fully saturated rings. The minimum atomic E-state index is -0.825. The van der Waals surface area contributed by atoms with Gasteiger partial charge in [0.1, 0.15) is 6.04 Å². The first kappa shape index (κ1) is 25.3. The van der Waals surface area contributed by atoms with E-state index in [1.165, 1.54) is 4.90 Å². The monoisotopic (exact) mass is 522 g/mol. The third kappa shape index (κ3) is 5.69. The summed E-state index contributed by atoms with van der Waals surface area (Å²) in [4.78, 5) is 45.7. The van der Waals surface area contributed by atoms with E-state index in [1.54, 1.807) is 72.6 Å². The molecular formula is C26H23ClN4O4S. The standard InChI is InChI=1S/C26H23ClN4O4S/c1-2-35-25(34)17-6-10-19(11-7-17)29-23(32)15-22-24(33)31(21-12-8-18(27)9-13-21)26(36)30(22)16-20-5-3-4-14-28-20/h3-14,22H,2,15-16H2,1H3,(H,29,32). The number of halogens is 1. The Balaban J connectivity index is 1.53. The largest absolute Gasteiger partial charge is 0.462 e. The van der Waals surface area contributed by atoms with Crippen LogP contribution in [0.1, 0.15) is 29.4 Å². The third-order valence-electron chi connectivity index (χ3n) is 5.52. The lowest BCUT2D eigenvalue weighted by atomic mass is 10.1. The van der Waals surface area contributed by atoms with Gasteiger partial charge in [-0.05, 0) is 79.8 Å². The van der Waals surface area contributed by atoms with Crippen LogP contribution in [0.4, 0.5) is 11.4 Å². The summed E-state index contributed by atoms with van der Waals surface area (Å²) >= 11 is 11.7. The molecule has 1 aliphatic rings. The van der Waals surface area contributed by atoms with Crippen molar-refractivity contribution in [1.29, 1.82) is 0 Å². The van der Waals surface area contributed by atoms with E-state index >= 15 is 0 Å². The molecule has 1 aromatic heterocycles. The maximum atomic E-state index is 13.5. The summed E-state index contributed by atoms with van der Waals surface area (Å²) in [6.07, 6.45) is 1.53. The van der Waals surface area contributed by atoms with E-state index in [1.807, 2.05) is 12.1 Å². The first-order valence-corrected chi connectivity index (χ1v) is 12.0. The highest BCUT2D eigenvalue weighted by molar-refractivity contribution is 7.80. The number of esters is 1. The zero-order valence-electron chi connectivity index (χ0n) is 19.4. The van der Waals surface area contributed by atoms with Crippen molar-refractivity contribution in [1.82, 2.24) is 9.88 Å². The van der Waals surface area contributed by atoms with E-state index in [4.69, 9.17) is 28.6 Å². The van der Waals surface area contributed by atoms with Crippen LogP contribution >= 0.6 is 23.8 Å². The molecule has 4 rings (SSSR count). The fourth-order valence-corrected chi connectivity index (χ4v) is 4.31. The number of amides is 2. The van der Waals surface area contributed by atoms with Crippen molar-refractivity contribution in [2.45, 2.75) is 25.9 Å². The normalized spacial score (nSPS) is 15.2. The molecule has 0 bridgehead atoms. The highest BCUT2D eigenvalue weighted by Crippen LogP contribution is 2.29. The Bertz CT molecular complexity index is 1270. The van der Waals surface area contributed by atoms with Crippen LogP contribution in [0, 0.1) is 0 Å². The topological polar surface area (TPSA) is 91.8 Å². The second-order valence-electron chi connectivity index (χ2n) is 7.95. The summed E-state index contributed by atoms with van der Waals surface area (Å²) in [6.45, 7) is 2.27. The van der Waals surface area contributed by atoms with Crippen molar-refractivity contribution in [2.75, 3.05) is 16.8 Å². The van der Waals surface area contributed by atoms with Gasteiger partial charge in [0.25, 0.3) is 5.91 Å². The minimum absolute atomic E-state index is 0.129. The summed E-state index contributed by atoms with van der Waals surface area (Å²) in [5.74, 6) is -1.12. The number of anilines is 2. The molecule has 1 N–H and O–H groups in total. The highest BCUT2D eigenvalue weighted by atomic mass is 35.5. The van der Waals surface area contributed by atoms with Gasteiger partial charge in [-0.3, -0.25) is 19.5 Å². The van der Waals surface area contributed by atoms with Gasteiger partial charge in [-0.2, -0.15) is 0 Å². The van der Waals surface area contributed by atoms with Gasteiger partial charge < -0.3 is 15.0 Å². The number of hydrogen-bond donors (Lipinski definition) is 1. The Morgan fingerprint density at radius 2 is 1.81 bits per heavy atom. The van der Waals surface area contributed by atoms with Crippen molar-refractivity contribution in [3.05, 3.63) is 89.2 Å². The zero-order valence-corrected chi connectivity index (χ0v) is 21.0. The number of carbonyl (C=O) groups excluding carboxylic acids is 3. The molecular weight excluding hydrogens is 500 g/mol. The Labute approximate surface area is 218 Å². The fourth-order valence-electron chi connectivity index (χ4n) is 3.80. The second kappa shape index (κ2) is 11.3. The molecule has 0 spiro atoms. The number of ether oxygens (including phenoxy) is 1. The lowest BCUT2D eigenvalue weighted by Gasteiger charge is -2.23. The molecule has 1 aliphatic heterocycles. The van der Waals surface area contributed by atoms with Crippen LogP contribution in [-0.2, 0) is 20.9 Å². The van der Waals surface area contributed by atoms with Crippen LogP contribution in [0.15, 0.2) is 72.9 Å². The number of benzene rings is 2. The van der Waals surface area contributed by atoms with Crippen molar-refractivity contribution >= 4 is 58.1 Å². The van der Waals surface area contributed by atoms with Crippen molar-refractivity contribution in [2.24, 2.45) is 0 Å². The number of nitrogens with zero attached hydrogens (tertiary/aromatic N) is 3. The molecule has 2 aromatic carbocycles. The number of rotatable bonds is 8.